The largest absolute Gasteiger partial charge is 0.508 e. The van der Waals surface area contributed by atoms with Crippen molar-refractivity contribution in [2.45, 2.75) is 40.7 Å². The molecule has 0 saturated carbocycles. The number of aromatic hydroxyl groups is 1. The first-order valence-corrected chi connectivity index (χ1v) is 8.91. The van der Waals surface area contributed by atoms with Gasteiger partial charge in [-0.1, -0.05) is 26.8 Å². The number of nitrogens with zero attached hydrogens (tertiary/aromatic N) is 2. The lowest BCUT2D eigenvalue weighted by atomic mass is 9.80. The Morgan fingerprint density at radius 3 is 2.12 bits per heavy atom. The quantitative estimate of drug-likeness (QED) is 0.792. The smallest absolute Gasteiger partial charge is 0.122 e. The highest BCUT2D eigenvalue weighted by atomic mass is 35.5. The number of hydrogen-bond acceptors (Lipinski definition) is 4. The van der Waals surface area contributed by atoms with Crippen molar-refractivity contribution in [2.24, 2.45) is 5.41 Å². The van der Waals surface area contributed by atoms with Gasteiger partial charge in [-0.2, -0.15) is 0 Å². The number of halogens is 2. The second kappa shape index (κ2) is 10.5. The number of nitrogens with one attached hydrogen (secondary N) is 1. The van der Waals surface area contributed by atoms with Gasteiger partial charge in [0.2, 0.25) is 0 Å². The van der Waals surface area contributed by atoms with Crippen LogP contribution in [-0.4, -0.2) is 49.3 Å². The Morgan fingerprint density at radius 1 is 1.12 bits per heavy atom. The SMILES string of the molecule is CCN(CC)c1ccc([C@H](N2CCNCC2)C(C)(C)C)c(O)c1.Cl.Cl. The van der Waals surface area contributed by atoms with Gasteiger partial charge in [-0.25, -0.2) is 0 Å². The summed E-state index contributed by atoms with van der Waals surface area (Å²) in [6, 6.07) is 6.45. The highest BCUT2D eigenvalue weighted by Crippen LogP contribution is 2.42. The molecule has 1 aromatic carbocycles. The maximum Gasteiger partial charge on any atom is 0.122 e. The fraction of sp³-hybridized carbons (Fsp3) is 0.684. The van der Waals surface area contributed by atoms with Crippen LogP contribution >= 0.6 is 24.8 Å². The minimum atomic E-state index is 0. The van der Waals surface area contributed by atoms with Gasteiger partial charge in [-0.05, 0) is 25.3 Å². The van der Waals surface area contributed by atoms with Crippen LogP contribution in [0.5, 0.6) is 5.75 Å². The standard InChI is InChI=1S/C19H33N3O.2ClH/c1-6-21(7-2)15-8-9-16(17(23)14-15)18(19(3,4)5)22-12-10-20-11-13-22;;/h8-9,14,18,20,23H,6-7,10-13H2,1-5H3;2*1H/t18-;;/m0../s1. The topological polar surface area (TPSA) is 38.7 Å². The van der Waals surface area contributed by atoms with E-state index in [1.807, 2.05) is 6.07 Å². The number of piperazine rings is 1. The Kier molecular flexibility index (Phi) is 10.2. The van der Waals surface area contributed by atoms with E-state index < -0.39 is 0 Å². The third-order valence-corrected chi connectivity index (χ3v) is 4.77. The normalized spacial score (nSPS) is 16.5. The summed E-state index contributed by atoms with van der Waals surface area (Å²) in [7, 11) is 0. The van der Waals surface area contributed by atoms with E-state index in [9.17, 15) is 5.11 Å². The van der Waals surface area contributed by atoms with E-state index in [-0.39, 0.29) is 36.3 Å². The van der Waals surface area contributed by atoms with Gasteiger partial charge in [0, 0.05) is 62.6 Å². The number of anilines is 1. The molecule has 4 nitrogen and oxygen atoms in total. The van der Waals surface area contributed by atoms with Gasteiger partial charge in [0.1, 0.15) is 5.75 Å². The lowest BCUT2D eigenvalue weighted by molar-refractivity contribution is 0.0842. The molecule has 25 heavy (non-hydrogen) atoms. The second-order valence-corrected chi connectivity index (χ2v) is 7.47. The van der Waals surface area contributed by atoms with Crippen molar-refractivity contribution in [3.63, 3.8) is 0 Å². The zero-order chi connectivity index (χ0) is 17.0. The first-order valence-electron chi connectivity index (χ1n) is 8.91. The molecule has 0 amide bonds. The van der Waals surface area contributed by atoms with E-state index in [4.69, 9.17) is 0 Å². The lowest BCUT2D eigenvalue weighted by Crippen LogP contribution is -2.48. The summed E-state index contributed by atoms with van der Waals surface area (Å²) in [5, 5.41) is 14.1. The van der Waals surface area contributed by atoms with E-state index in [0.717, 1.165) is 50.5 Å². The minimum Gasteiger partial charge on any atom is -0.508 e. The van der Waals surface area contributed by atoms with E-state index in [2.05, 4.69) is 61.9 Å². The van der Waals surface area contributed by atoms with Gasteiger partial charge >= 0.3 is 0 Å². The first-order chi connectivity index (χ1) is 10.9. The Bertz CT molecular complexity index is 510. The van der Waals surface area contributed by atoms with Gasteiger partial charge < -0.3 is 15.3 Å². The van der Waals surface area contributed by atoms with Crippen LogP contribution in [0.15, 0.2) is 18.2 Å². The van der Waals surface area contributed by atoms with Gasteiger partial charge in [0.15, 0.2) is 0 Å². The Hall–Kier alpha value is -0.680. The van der Waals surface area contributed by atoms with Crippen molar-refractivity contribution >= 4 is 30.5 Å². The molecule has 6 heteroatoms. The molecule has 1 fully saturated rings. The van der Waals surface area contributed by atoms with Crippen molar-refractivity contribution < 1.29 is 5.11 Å². The predicted molar refractivity (Wildman–Crippen MR) is 113 cm³/mol. The predicted octanol–water partition coefficient (Wildman–Crippen LogP) is 4.07. The molecule has 1 aliphatic rings. The number of phenols is 1. The number of rotatable bonds is 5. The zero-order valence-electron chi connectivity index (χ0n) is 16.2. The summed E-state index contributed by atoms with van der Waals surface area (Å²) in [6.45, 7) is 17.1. The van der Waals surface area contributed by atoms with Crippen LogP contribution in [0.2, 0.25) is 0 Å². The van der Waals surface area contributed by atoms with E-state index in [0.29, 0.717) is 5.75 Å². The van der Waals surface area contributed by atoms with Crippen LogP contribution < -0.4 is 10.2 Å². The van der Waals surface area contributed by atoms with Crippen LogP contribution in [0.1, 0.15) is 46.2 Å². The maximum absolute atomic E-state index is 10.7. The molecular formula is C19H35Cl2N3O. The third-order valence-electron chi connectivity index (χ3n) is 4.77. The molecule has 2 rings (SSSR count). The number of hydrogen-bond donors (Lipinski definition) is 2. The van der Waals surface area contributed by atoms with Gasteiger partial charge in [-0.15, -0.1) is 24.8 Å². The summed E-state index contributed by atoms with van der Waals surface area (Å²) in [5.41, 5.74) is 2.23. The molecule has 0 bridgehead atoms. The highest BCUT2D eigenvalue weighted by Gasteiger charge is 2.34. The number of benzene rings is 1. The maximum atomic E-state index is 10.7. The molecule has 1 saturated heterocycles. The highest BCUT2D eigenvalue weighted by molar-refractivity contribution is 5.85. The van der Waals surface area contributed by atoms with E-state index in [1.165, 1.54) is 0 Å². The summed E-state index contributed by atoms with van der Waals surface area (Å²) < 4.78 is 0. The summed E-state index contributed by atoms with van der Waals surface area (Å²) in [4.78, 5) is 4.77. The van der Waals surface area contributed by atoms with Crippen LogP contribution in [0.3, 0.4) is 0 Å². The fourth-order valence-corrected chi connectivity index (χ4v) is 3.70. The molecule has 1 heterocycles. The van der Waals surface area contributed by atoms with Crippen molar-refractivity contribution in [2.75, 3.05) is 44.2 Å². The molecule has 0 unspecified atom stereocenters. The molecular weight excluding hydrogens is 357 g/mol. The molecule has 0 aliphatic carbocycles. The average molecular weight is 392 g/mol. The molecule has 1 aliphatic heterocycles. The van der Waals surface area contributed by atoms with Crippen molar-refractivity contribution in [3.05, 3.63) is 23.8 Å². The van der Waals surface area contributed by atoms with Gasteiger partial charge in [0.05, 0.1) is 0 Å². The molecule has 0 aromatic heterocycles. The zero-order valence-corrected chi connectivity index (χ0v) is 17.8. The molecule has 2 N–H and O–H groups in total. The third kappa shape index (κ3) is 5.92. The molecule has 1 aromatic rings. The Balaban J connectivity index is 0.00000288. The van der Waals surface area contributed by atoms with Crippen LogP contribution in [0, 0.1) is 5.41 Å². The van der Waals surface area contributed by atoms with E-state index in [1.54, 1.807) is 0 Å². The van der Waals surface area contributed by atoms with Gasteiger partial charge in [0.25, 0.3) is 0 Å². The molecule has 0 spiro atoms. The Morgan fingerprint density at radius 2 is 1.68 bits per heavy atom. The van der Waals surface area contributed by atoms with Crippen molar-refractivity contribution in [1.29, 1.82) is 0 Å². The number of phenolic OH excluding ortho intramolecular Hbond substituents is 1. The van der Waals surface area contributed by atoms with Crippen molar-refractivity contribution in [3.8, 4) is 5.75 Å². The molecule has 1 atom stereocenters. The Labute approximate surface area is 165 Å². The molecule has 146 valence electrons. The summed E-state index contributed by atoms with van der Waals surface area (Å²) in [5.74, 6) is 0.424. The fourth-order valence-electron chi connectivity index (χ4n) is 3.70. The van der Waals surface area contributed by atoms with Crippen LogP contribution in [0.4, 0.5) is 5.69 Å². The van der Waals surface area contributed by atoms with Crippen LogP contribution in [0.25, 0.3) is 0 Å². The lowest BCUT2D eigenvalue weighted by Gasteiger charge is -2.43. The van der Waals surface area contributed by atoms with Crippen molar-refractivity contribution in [1.82, 2.24) is 10.2 Å². The van der Waals surface area contributed by atoms with E-state index >= 15 is 0 Å². The average Bonchev–Trinajstić information content (AvgIpc) is 2.51. The van der Waals surface area contributed by atoms with Crippen LogP contribution in [-0.2, 0) is 0 Å². The minimum absolute atomic E-state index is 0. The first kappa shape index (κ1) is 24.3. The van der Waals surface area contributed by atoms with Gasteiger partial charge in [-0.3, -0.25) is 4.90 Å². The monoisotopic (exact) mass is 391 g/mol. The summed E-state index contributed by atoms with van der Waals surface area (Å²) >= 11 is 0. The second-order valence-electron chi connectivity index (χ2n) is 7.47. The summed E-state index contributed by atoms with van der Waals surface area (Å²) in [6.07, 6.45) is 0. The molecule has 0 radical (unpaired) electrons.